The van der Waals surface area contributed by atoms with E-state index in [1.165, 1.54) is 6.92 Å². The van der Waals surface area contributed by atoms with Crippen molar-refractivity contribution in [1.82, 2.24) is 10.2 Å². The Kier molecular flexibility index (Phi) is 4.80. The lowest BCUT2D eigenvalue weighted by Gasteiger charge is -2.33. The molecule has 104 valence electrons. The number of hydrogen-bond acceptors (Lipinski definition) is 4. The van der Waals surface area contributed by atoms with Gasteiger partial charge < -0.3 is 10.1 Å². The first kappa shape index (κ1) is 14.3. The summed E-state index contributed by atoms with van der Waals surface area (Å²) in [4.78, 5) is 13.5. The monoisotopic (exact) mass is 282 g/mol. The Morgan fingerprint density at radius 3 is 2.74 bits per heavy atom. The number of nitrogens with one attached hydrogen (secondary N) is 1. The highest BCUT2D eigenvalue weighted by molar-refractivity contribution is 6.30. The van der Waals surface area contributed by atoms with E-state index in [1.54, 1.807) is 12.1 Å². The Labute approximate surface area is 118 Å². The molecule has 4 nitrogen and oxygen atoms in total. The summed E-state index contributed by atoms with van der Waals surface area (Å²) in [5, 5.41) is 3.99. The SMILES string of the molecule is CC(=O)Oc1ccc(Cl)cc1C(C)N1CCNCC1. The molecule has 0 spiro atoms. The largest absolute Gasteiger partial charge is 0.426 e. The van der Waals surface area contributed by atoms with Gasteiger partial charge in [-0.05, 0) is 25.1 Å². The second-order valence-electron chi connectivity index (χ2n) is 4.74. The van der Waals surface area contributed by atoms with Crippen LogP contribution in [0.1, 0.15) is 25.5 Å². The van der Waals surface area contributed by atoms with Gasteiger partial charge >= 0.3 is 5.97 Å². The number of hydrogen-bond donors (Lipinski definition) is 1. The molecule has 1 unspecified atom stereocenters. The number of nitrogens with zero attached hydrogens (tertiary/aromatic N) is 1. The van der Waals surface area contributed by atoms with Crippen molar-refractivity contribution >= 4 is 17.6 Å². The third kappa shape index (κ3) is 3.69. The van der Waals surface area contributed by atoms with Crippen molar-refractivity contribution in [2.45, 2.75) is 19.9 Å². The van der Waals surface area contributed by atoms with Crippen molar-refractivity contribution in [1.29, 1.82) is 0 Å². The van der Waals surface area contributed by atoms with Crippen molar-refractivity contribution in [2.24, 2.45) is 0 Å². The van der Waals surface area contributed by atoms with E-state index in [0.29, 0.717) is 10.8 Å². The average Bonchev–Trinajstić information content (AvgIpc) is 2.40. The fourth-order valence-electron chi connectivity index (χ4n) is 2.36. The number of carbonyl (C=O) groups is 1. The molecule has 0 aliphatic carbocycles. The Morgan fingerprint density at radius 2 is 2.11 bits per heavy atom. The van der Waals surface area contributed by atoms with Crippen LogP contribution in [0.2, 0.25) is 5.02 Å². The Hall–Kier alpha value is -1.10. The maximum Gasteiger partial charge on any atom is 0.308 e. The first-order chi connectivity index (χ1) is 9.08. The van der Waals surface area contributed by atoms with Crippen LogP contribution in [0.15, 0.2) is 18.2 Å². The molecule has 0 aromatic heterocycles. The van der Waals surface area contributed by atoms with Crippen LogP contribution in [0.3, 0.4) is 0 Å². The maximum atomic E-state index is 11.2. The molecular weight excluding hydrogens is 264 g/mol. The lowest BCUT2D eigenvalue weighted by Crippen LogP contribution is -2.44. The maximum absolute atomic E-state index is 11.2. The third-order valence-electron chi connectivity index (χ3n) is 3.37. The molecule has 1 aromatic carbocycles. The highest BCUT2D eigenvalue weighted by Gasteiger charge is 2.21. The third-order valence-corrected chi connectivity index (χ3v) is 3.61. The zero-order valence-electron chi connectivity index (χ0n) is 11.3. The van der Waals surface area contributed by atoms with Gasteiger partial charge in [-0.3, -0.25) is 9.69 Å². The minimum absolute atomic E-state index is 0.176. The first-order valence-electron chi connectivity index (χ1n) is 6.50. The molecular formula is C14H19ClN2O2. The molecule has 1 heterocycles. The zero-order chi connectivity index (χ0) is 13.8. The van der Waals surface area contributed by atoms with E-state index < -0.39 is 0 Å². The van der Waals surface area contributed by atoms with Gasteiger partial charge in [0.15, 0.2) is 0 Å². The summed E-state index contributed by atoms with van der Waals surface area (Å²) in [6, 6.07) is 5.56. The van der Waals surface area contributed by atoms with Crippen molar-refractivity contribution < 1.29 is 9.53 Å². The molecule has 1 N–H and O–H groups in total. The Bertz CT molecular complexity index is 459. The normalized spacial score (nSPS) is 18.1. The van der Waals surface area contributed by atoms with E-state index in [9.17, 15) is 4.79 Å². The molecule has 0 bridgehead atoms. The van der Waals surface area contributed by atoms with Crippen molar-refractivity contribution in [3.8, 4) is 5.75 Å². The van der Waals surface area contributed by atoms with Crippen LogP contribution in [0.4, 0.5) is 0 Å². The van der Waals surface area contributed by atoms with Gasteiger partial charge in [0.2, 0.25) is 0 Å². The van der Waals surface area contributed by atoms with E-state index in [0.717, 1.165) is 31.7 Å². The molecule has 1 aliphatic heterocycles. The molecule has 2 rings (SSSR count). The molecule has 5 heteroatoms. The molecule has 0 amide bonds. The molecule has 1 fully saturated rings. The quantitative estimate of drug-likeness (QED) is 0.682. The summed E-state index contributed by atoms with van der Waals surface area (Å²) in [6.07, 6.45) is 0. The van der Waals surface area contributed by atoms with Crippen LogP contribution in [0.25, 0.3) is 0 Å². The van der Waals surface area contributed by atoms with Gasteiger partial charge in [0.25, 0.3) is 0 Å². The molecule has 0 radical (unpaired) electrons. The zero-order valence-corrected chi connectivity index (χ0v) is 12.0. The first-order valence-corrected chi connectivity index (χ1v) is 6.88. The molecule has 1 aliphatic rings. The van der Waals surface area contributed by atoms with Crippen LogP contribution in [-0.4, -0.2) is 37.0 Å². The summed E-state index contributed by atoms with van der Waals surface area (Å²) >= 11 is 6.07. The van der Waals surface area contributed by atoms with Gasteiger partial charge in [-0.25, -0.2) is 0 Å². The van der Waals surface area contributed by atoms with E-state index in [2.05, 4.69) is 17.1 Å². The average molecular weight is 283 g/mol. The van der Waals surface area contributed by atoms with Gasteiger partial charge in [0, 0.05) is 49.7 Å². The van der Waals surface area contributed by atoms with Gasteiger partial charge in [-0.1, -0.05) is 11.6 Å². The number of carbonyl (C=O) groups excluding carboxylic acids is 1. The van der Waals surface area contributed by atoms with Crippen LogP contribution >= 0.6 is 11.6 Å². The van der Waals surface area contributed by atoms with Crippen molar-refractivity contribution in [3.63, 3.8) is 0 Å². The number of esters is 1. The predicted molar refractivity (Wildman–Crippen MR) is 75.6 cm³/mol. The molecule has 0 saturated carbocycles. The fraction of sp³-hybridized carbons (Fsp3) is 0.500. The number of ether oxygens (including phenoxy) is 1. The van der Waals surface area contributed by atoms with Crippen LogP contribution in [-0.2, 0) is 4.79 Å². The Morgan fingerprint density at radius 1 is 1.42 bits per heavy atom. The van der Waals surface area contributed by atoms with Gasteiger partial charge in [-0.2, -0.15) is 0 Å². The minimum Gasteiger partial charge on any atom is -0.426 e. The molecule has 1 saturated heterocycles. The smallest absolute Gasteiger partial charge is 0.308 e. The van der Waals surface area contributed by atoms with Gasteiger partial charge in [0.05, 0.1) is 0 Å². The minimum atomic E-state index is -0.309. The number of rotatable bonds is 3. The van der Waals surface area contributed by atoms with Crippen molar-refractivity contribution in [3.05, 3.63) is 28.8 Å². The Balaban J connectivity index is 2.24. The van der Waals surface area contributed by atoms with E-state index in [-0.39, 0.29) is 12.0 Å². The lowest BCUT2D eigenvalue weighted by atomic mass is 10.0. The van der Waals surface area contributed by atoms with E-state index >= 15 is 0 Å². The highest BCUT2D eigenvalue weighted by atomic mass is 35.5. The summed E-state index contributed by atoms with van der Waals surface area (Å²) < 4.78 is 5.27. The van der Waals surface area contributed by atoms with Gasteiger partial charge in [0.1, 0.15) is 5.75 Å². The van der Waals surface area contributed by atoms with Crippen molar-refractivity contribution in [2.75, 3.05) is 26.2 Å². The molecule has 19 heavy (non-hydrogen) atoms. The van der Waals surface area contributed by atoms with E-state index in [1.807, 2.05) is 6.07 Å². The second-order valence-corrected chi connectivity index (χ2v) is 5.17. The van der Waals surface area contributed by atoms with Crippen LogP contribution < -0.4 is 10.1 Å². The summed E-state index contributed by atoms with van der Waals surface area (Å²) in [5.41, 5.74) is 0.963. The molecule has 1 atom stereocenters. The summed E-state index contributed by atoms with van der Waals surface area (Å²) in [5.74, 6) is 0.291. The standard InChI is InChI=1S/C14H19ClN2O2/c1-10(17-7-5-16-6-8-17)13-9-12(15)3-4-14(13)19-11(2)18/h3-4,9-10,16H,5-8H2,1-2H3. The summed E-state index contributed by atoms with van der Waals surface area (Å²) in [7, 11) is 0. The predicted octanol–water partition coefficient (Wildman–Crippen LogP) is 2.23. The van der Waals surface area contributed by atoms with Gasteiger partial charge in [-0.15, -0.1) is 0 Å². The van der Waals surface area contributed by atoms with E-state index in [4.69, 9.17) is 16.3 Å². The fourth-order valence-corrected chi connectivity index (χ4v) is 2.54. The van der Waals surface area contributed by atoms with Crippen LogP contribution in [0.5, 0.6) is 5.75 Å². The summed E-state index contributed by atoms with van der Waals surface area (Å²) in [6.45, 7) is 7.44. The second kappa shape index (κ2) is 6.37. The van der Waals surface area contributed by atoms with Crippen LogP contribution in [0, 0.1) is 0 Å². The number of benzene rings is 1. The lowest BCUT2D eigenvalue weighted by molar-refractivity contribution is -0.131. The topological polar surface area (TPSA) is 41.6 Å². The molecule has 1 aromatic rings. The highest BCUT2D eigenvalue weighted by Crippen LogP contribution is 2.32. The number of piperazine rings is 1. The number of halogens is 1.